The zero-order chi connectivity index (χ0) is 13.0. The minimum atomic E-state index is 0.624. The van der Waals surface area contributed by atoms with Gasteiger partial charge in [0.25, 0.3) is 0 Å². The van der Waals surface area contributed by atoms with Crippen molar-refractivity contribution >= 4 is 0 Å². The van der Waals surface area contributed by atoms with Crippen LogP contribution in [0, 0.1) is 6.92 Å². The van der Waals surface area contributed by atoms with Crippen molar-refractivity contribution in [3.63, 3.8) is 0 Å². The molecule has 0 amide bonds. The summed E-state index contributed by atoms with van der Waals surface area (Å²) in [5, 5.41) is 8.12. The second-order valence-corrected chi connectivity index (χ2v) is 4.04. The molecule has 0 saturated heterocycles. The summed E-state index contributed by atoms with van der Waals surface area (Å²) in [7, 11) is 3.33. The highest BCUT2D eigenvalue weighted by atomic mass is 16.5. The largest absolute Gasteiger partial charge is 0.496 e. The van der Waals surface area contributed by atoms with Crippen LogP contribution in [-0.2, 0) is 11.3 Å². The lowest BCUT2D eigenvalue weighted by Gasteiger charge is -2.10. The number of rotatable bonds is 5. The Labute approximate surface area is 106 Å². The molecule has 0 aliphatic rings. The Bertz CT molecular complexity index is 523. The molecule has 0 radical (unpaired) electrons. The Morgan fingerprint density at radius 2 is 2.11 bits per heavy atom. The molecule has 1 aromatic carbocycles. The summed E-state index contributed by atoms with van der Waals surface area (Å²) in [6.07, 6.45) is 1.70. The van der Waals surface area contributed by atoms with Gasteiger partial charge >= 0.3 is 0 Å². The minimum absolute atomic E-state index is 0.624. The topological polar surface area (TPSA) is 49.2 Å². The summed E-state index contributed by atoms with van der Waals surface area (Å²) in [4.78, 5) is 0. The Morgan fingerprint density at radius 3 is 2.83 bits per heavy atom. The third-order valence-electron chi connectivity index (χ3n) is 2.75. The zero-order valence-corrected chi connectivity index (χ0v) is 10.9. The second-order valence-electron chi connectivity index (χ2n) is 4.04. The third kappa shape index (κ3) is 2.51. The van der Waals surface area contributed by atoms with Gasteiger partial charge in [0, 0.05) is 13.7 Å². The lowest BCUT2D eigenvalue weighted by atomic mass is 10.1. The molecule has 0 spiro atoms. The first kappa shape index (κ1) is 12.6. The van der Waals surface area contributed by atoms with Gasteiger partial charge in [-0.1, -0.05) is 11.6 Å². The summed E-state index contributed by atoms with van der Waals surface area (Å²) >= 11 is 0. The number of ether oxygens (including phenoxy) is 2. The smallest absolute Gasteiger partial charge is 0.167 e. The van der Waals surface area contributed by atoms with Gasteiger partial charge in [-0.15, -0.1) is 10.2 Å². The Hall–Kier alpha value is -1.88. The Balaban J connectivity index is 2.41. The summed E-state index contributed by atoms with van der Waals surface area (Å²) in [6.45, 7) is 3.38. The van der Waals surface area contributed by atoms with Gasteiger partial charge in [-0.2, -0.15) is 0 Å². The SMILES string of the molecule is COCCn1cnnc1-c1cc(C)ccc1OC. The van der Waals surface area contributed by atoms with Gasteiger partial charge in [-0.05, 0) is 19.1 Å². The molecular weight excluding hydrogens is 230 g/mol. The fourth-order valence-corrected chi connectivity index (χ4v) is 1.81. The van der Waals surface area contributed by atoms with Crippen LogP contribution in [0.15, 0.2) is 24.5 Å². The van der Waals surface area contributed by atoms with Crippen molar-refractivity contribution in [1.82, 2.24) is 14.8 Å². The van der Waals surface area contributed by atoms with Crippen LogP contribution >= 0.6 is 0 Å². The van der Waals surface area contributed by atoms with E-state index in [0.717, 1.165) is 29.2 Å². The molecule has 18 heavy (non-hydrogen) atoms. The molecule has 96 valence electrons. The molecule has 0 aliphatic carbocycles. The molecular formula is C13H17N3O2. The normalized spacial score (nSPS) is 10.6. The molecule has 1 aromatic heterocycles. The molecule has 0 N–H and O–H groups in total. The molecule has 5 heteroatoms. The lowest BCUT2D eigenvalue weighted by Crippen LogP contribution is -2.05. The standard InChI is InChI=1S/C13H17N3O2/c1-10-4-5-12(18-3)11(8-10)13-15-14-9-16(13)6-7-17-2/h4-5,8-9H,6-7H2,1-3H3. The van der Waals surface area contributed by atoms with Crippen molar-refractivity contribution in [2.75, 3.05) is 20.8 Å². The number of benzene rings is 1. The van der Waals surface area contributed by atoms with E-state index >= 15 is 0 Å². The van der Waals surface area contributed by atoms with E-state index in [9.17, 15) is 0 Å². The van der Waals surface area contributed by atoms with Crippen molar-refractivity contribution in [2.45, 2.75) is 13.5 Å². The van der Waals surface area contributed by atoms with E-state index < -0.39 is 0 Å². The monoisotopic (exact) mass is 247 g/mol. The second kappa shape index (κ2) is 5.64. The van der Waals surface area contributed by atoms with E-state index in [1.807, 2.05) is 29.7 Å². The fraction of sp³-hybridized carbons (Fsp3) is 0.385. The molecule has 5 nitrogen and oxygen atoms in total. The number of aryl methyl sites for hydroxylation is 1. The molecule has 2 rings (SSSR count). The number of aromatic nitrogens is 3. The van der Waals surface area contributed by atoms with Crippen molar-refractivity contribution in [2.24, 2.45) is 0 Å². The predicted molar refractivity (Wildman–Crippen MR) is 68.6 cm³/mol. The summed E-state index contributed by atoms with van der Waals surface area (Å²) in [5.74, 6) is 1.60. The maximum absolute atomic E-state index is 5.37. The highest BCUT2D eigenvalue weighted by Gasteiger charge is 2.12. The van der Waals surface area contributed by atoms with Crippen LogP contribution in [0.2, 0.25) is 0 Å². The van der Waals surface area contributed by atoms with E-state index in [2.05, 4.69) is 10.2 Å². The quantitative estimate of drug-likeness (QED) is 0.809. The van der Waals surface area contributed by atoms with Gasteiger partial charge < -0.3 is 14.0 Å². The fourth-order valence-electron chi connectivity index (χ4n) is 1.81. The molecule has 1 heterocycles. The van der Waals surface area contributed by atoms with Crippen molar-refractivity contribution < 1.29 is 9.47 Å². The van der Waals surface area contributed by atoms with Crippen LogP contribution < -0.4 is 4.74 Å². The maximum atomic E-state index is 5.37. The van der Waals surface area contributed by atoms with Crippen molar-refractivity contribution in [3.8, 4) is 17.1 Å². The van der Waals surface area contributed by atoms with Crippen LogP contribution in [-0.4, -0.2) is 35.6 Å². The molecule has 2 aromatic rings. The first-order valence-electron chi connectivity index (χ1n) is 5.78. The number of nitrogens with zero attached hydrogens (tertiary/aromatic N) is 3. The van der Waals surface area contributed by atoms with Gasteiger partial charge in [0.05, 0.1) is 19.3 Å². The van der Waals surface area contributed by atoms with E-state index in [-0.39, 0.29) is 0 Å². The Morgan fingerprint density at radius 1 is 1.28 bits per heavy atom. The van der Waals surface area contributed by atoms with Crippen LogP contribution in [0.5, 0.6) is 5.75 Å². The van der Waals surface area contributed by atoms with Gasteiger partial charge in [0.15, 0.2) is 5.82 Å². The van der Waals surface area contributed by atoms with E-state index in [1.54, 1.807) is 20.5 Å². The third-order valence-corrected chi connectivity index (χ3v) is 2.75. The average molecular weight is 247 g/mol. The van der Waals surface area contributed by atoms with Crippen LogP contribution in [0.1, 0.15) is 5.56 Å². The highest BCUT2D eigenvalue weighted by Crippen LogP contribution is 2.29. The van der Waals surface area contributed by atoms with Crippen LogP contribution in [0.25, 0.3) is 11.4 Å². The van der Waals surface area contributed by atoms with Crippen LogP contribution in [0.3, 0.4) is 0 Å². The molecule has 0 bridgehead atoms. The van der Waals surface area contributed by atoms with Crippen LogP contribution in [0.4, 0.5) is 0 Å². The first-order valence-corrected chi connectivity index (χ1v) is 5.78. The predicted octanol–water partition coefficient (Wildman–Crippen LogP) is 1.91. The summed E-state index contributed by atoms with van der Waals surface area (Å²) < 4.78 is 12.4. The molecule has 0 fully saturated rings. The summed E-state index contributed by atoms with van der Waals surface area (Å²) in [6, 6.07) is 6.00. The van der Waals surface area contributed by atoms with Gasteiger partial charge in [-0.3, -0.25) is 0 Å². The molecule has 0 aliphatic heterocycles. The number of methoxy groups -OCH3 is 2. The number of hydrogen-bond acceptors (Lipinski definition) is 4. The van der Waals surface area contributed by atoms with E-state index in [0.29, 0.717) is 6.61 Å². The Kier molecular flexibility index (Phi) is 3.94. The minimum Gasteiger partial charge on any atom is -0.496 e. The van der Waals surface area contributed by atoms with Gasteiger partial charge in [0.2, 0.25) is 0 Å². The maximum Gasteiger partial charge on any atom is 0.167 e. The van der Waals surface area contributed by atoms with Crippen molar-refractivity contribution in [1.29, 1.82) is 0 Å². The summed E-state index contributed by atoms with van der Waals surface area (Å²) in [5.41, 5.74) is 2.11. The molecule has 0 atom stereocenters. The van der Waals surface area contributed by atoms with E-state index in [1.165, 1.54) is 0 Å². The molecule has 0 saturated carbocycles. The molecule has 0 unspecified atom stereocenters. The van der Waals surface area contributed by atoms with Gasteiger partial charge in [0.1, 0.15) is 12.1 Å². The highest BCUT2D eigenvalue weighted by molar-refractivity contribution is 5.65. The average Bonchev–Trinajstić information content (AvgIpc) is 2.84. The zero-order valence-electron chi connectivity index (χ0n) is 10.9. The first-order chi connectivity index (χ1) is 8.76. The van der Waals surface area contributed by atoms with Gasteiger partial charge in [-0.25, -0.2) is 0 Å². The lowest BCUT2D eigenvalue weighted by molar-refractivity contribution is 0.187. The number of hydrogen-bond donors (Lipinski definition) is 0. The van der Waals surface area contributed by atoms with E-state index in [4.69, 9.17) is 9.47 Å². The van der Waals surface area contributed by atoms with Crippen molar-refractivity contribution in [3.05, 3.63) is 30.1 Å².